The number of anilines is 1. The second kappa shape index (κ2) is 5.34. The summed E-state index contributed by atoms with van der Waals surface area (Å²) < 4.78 is 2.29. The Kier molecular flexibility index (Phi) is 4.05. The van der Waals surface area contributed by atoms with Crippen molar-refractivity contribution >= 4 is 48.9 Å². The molecule has 1 nitrogen and oxygen atoms in total. The standard InChI is InChI=1S/C12H11Br2NS/c1-8-2-3-11(10(14)6-8)15-7-12-9(13)4-5-16-12/h2-6,15H,7H2,1H3. The lowest BCUT2D eigenvalue weighted by molar-refractivity contribution is 1.18. The molecule has 0 aliphatic heterocycles. The number of hydrogen-bond acceptors (Lipinski definition) is 2. The van der Waals surface area contributed by atoms with Crippen LogP contribution in [-0.2, 0) is 6.54 Å². The lowest BCUT2D eigenvalue weighted by Crippen LogP contribution is -1.98. The molecule has 0 aliphatic rings. The van der Waals surface area contributed by atoms with E-state index in [-0.39, 0.29) is 0 Å². The monoisotopic (exact) mass is 359 g/mol. The Morgan fingerprint density at radius 2 is 2.00 bits per heavy atom. The van der Waals surface area contributed by atoms with E-state index in [1.807, 2.05) is 0 Å². The predicted molar refractivity (Wildman–Crippen MR) is 78.2 cm³/mol. The first-order chi connectivity index (χ1) is 7.66. The lowest BCUT2D eigenvalue weighted by atomic mass is 10.2. The summed E-state index contributed by atoms with van der Waals surface area (Å²) in [6.45, 7) is 2.93. The Morgan fingerprint density at radius 3 is 2.62 bits per heavy atom. The van der Waals surface area contributed by atoms with E-state index in [2.05, 4.69) is 73.7 Å². The molecule has 16 heavy (non-hydrogen) atoms. The summed E-state index contributed by atoms with van der Waals surface area (Å²) >= 11 is 8.84. The van der Waals surface area contributed by atoms with Crippen LogP contribution < -0.4 is 5.32 Å². The van der Waals surface area contributed by atoms with E-state index >= 15 is 0 Å². The van der Waals surface area contributed by atoms with Gasteiger partial charge in [-0.25, -0.2) is 0 Å². The summed E-state index contributed by atoms with van der Waals surface area (Å²) in [7, 11) is 0. The molecule has 0 bridgehead atoms. The van der Waals surface area contributed by atoms with Gasteiger partial charge in [-0.3, -0.25) is 0 Å². The molecule has 0 saturated carbocycles. The van der Waals surface area contributed by atoms with Gasteiger partial charge in [0.15, 0.2) is 0 Å². The summed E-state index contributed by atoms with van der Waals surface area (Å²) in [5.41, 5.74) is 2.39. The van der Waals surface area contributed by atoms with E-state index in [1.54, 1.807) is 11.3 Å². The van der Waals surface area contributed by atoms with Crippen LogP contribution in [0.4, 0.5) is 5.69 Å². The van der Waals surface area contributed by atoms with Gasteiger partial charge in [-0.1, -0.05) is 6.07 Å². The Bertz CT molecular complexity index is 494. The number of thiophene rings is 1. The maximum absolute atomic E-state index is 3.56. The fraction of sp³-hybridized carbons (Fsp3) is 0.167. The third-order valence-corrected chi connectivity index (χ3v) is 4.84. The van der Waals surface area contributed by atoms with Crippen LogP contribution >= 0.6 is 43.2 Å². The number of rotatable bonds is 3. The molecule has 1 aromatic heterocycles. The molecule has 2 aromatic rings. The maximum atomic E-state index is 3.56. The number of aryl methyl sites for hydroxylation is 1. The van der Waals surface area contributed by atoms with Crippen molar-refractivity contribution in [2.24, 2.45) is 0 Å². The molecule has 84 valence electrons. The number of nitrogens with one attached hydrogen (secondary N) is 1. The highest BCUT2D eigenvalue weighted by Gasteiger charge is 2.03. The van der Waals surface area contributed by atoms with Crippen molar-refractivity contribution < 1.29 is 0 Å². The van der Waals surface area contributed by atoms with Gasteiger partial charge in [0.05, 0.1) is 6.54 Å². The minimum atomic E-state index is 0.847. The number of hydrogen-bond donors (Lipinski definition) is 1. The summed E-state index contributed by atoms with van der Waals surface area (Å²) in [5, 5.41) is 5.51. The number of halogens is 2. The molecule has 0 radical (unpaired) electrons. The predicted octanol–water partition coefficient (Wildman–Crippen LogP) is 5.19. The molecule has 0 aliphatic carbocycles. The van der Waals surface area contributed by atoms with Gasteiger partial charge in [0.1, 0.15) is 0 Å². The van der Waals surface area contributed by atoms with E-state index in [0.29, 0.717) is 0 Å². The van der Waals surface area contributed by atoms with Crippen LogP contribution in [-0.4, -0.2) is 0 Å². The van der Waals surface area contributed by atoms with Gasteiger partial charge in [0, 0.05) is 19.5 Å². The van der Waals surface area contributed by atoms with Crippen LogP contribution in [0.2, 0.25) is 0 Å². The zero-order valence-corrected chi connectivity index (χ0v) is 12.7. The molecule has 1 aromatic carbocycles. The lowest BCUT2D eigenvalue weighted by Gasteiger charge is -2.08. The van der Waals surface area contributed by atoms with Crippen molar-refractivity contribution in [3.63, 3.8) is 0 Å². The molecule has 0 fully saturated rings. The quantitative estimate of drug-likeness (QED) is 0.793. The molecule has 0 spiro atoms. The van der Waals surface area contributed by atoms with Crippen molar-refractivity contribution in [2.45, 2.75) is 13.5 Å². The normalized spacial score (nSPS) is 10.4. The van der Waals surface area contributed by atoms with E-state index in [9.17, 15) is 0 Å². The third kappa shape index (κ3) is 2.87. The van der Waals surface area contributed by atoms with Crippen LogP contribution in [0, 0.1) is 6.92 Å². The molecule has 0 saturated heterocycles. The highest BCUT2D eigenvalue weighted by Crippen LogP contribution is 2.27. The minimum Gasteiger partial charge on any atom is -0.379 e. The van der Waals surface area contributed by atoms with E-state index in [4.69, 9.17) is 0 Å². The number of benzene rings is 1. The fourth-order valence-corrected chi connectivity index (χ4v) is 3.46. The summed E-state index contributed by atoms with van der Waals surface area (Å²) in [4.78, 5) is 1.31. The smallest absolute Gasteiger partial charge is 0.0505 e. The van der Waals surface area contributed by atoms with Crippen molar-refractivity contribution in [3.05, 3.63) is 49.0 Å². The summed E-state index contributed by atoms with van der Waals surface area (Å²) in [5.74, 6) is 0. The van der Waals surface area contributed by atoms with Gasteiger partial charge in [-0.05, 0) is 67.9 Å². The molecule has 0 atom stereocenters. The molecule has 0 unspecified atom stereocenters. The van der Waals surface area contributed by atoms with Crippen LogP contribution in [0.3, 0.4) is 0 Å². The van der Waals surface area contributed by atoms with Gasteiger partial charge < -0.3 is 5.32 Å². The van der Waals surface area contributed by atoms with Gasteiger partial charge in [0.2, 0.25) is 0 Å². The Balaban J connectivity index is 2.08. The highest BCUT2D eigenvalue weighted by atomic mass is 79.9. The molecule has 1 N–H and O–H groups in total. The second-order valence-corrected chi connectivity index (χ2v) is 6.24. The average Bonchev–Trinajstić information content (AvgIpc) is 2.63. The SMILES string of the molecule is Cc1ccc(NCc2sccc2Br)c(Br)c1. The van der Waals surface area contributed by atoms with Crippen LogP contribution in [0.15, 0.2) is 38.6 Å². The van der Waals surface area contributed by atoms with Crippen molar-refractivity contribution in [1.82, 2.24) is 0 Å². The van der Waals surface area contributed by atoms with E-state index in [1.165, 1.54) is 14.9 Å². The largest absolute Gasteiger partial charge is 0.379 e. The molecular formula is C12H11Br2NS. The average molecular weight is 361 g/mol. The van der Waals surface area contributed by atoms with Gasteiger partial charge in [-0.15, -0.1) is 11.3 Å². The van der Waals surface area contributed by atoms with Crippen LogP contribution in [0.25, 0.3) is 0 Å². The van der Waals surface area contributed by atoms with E-state index < -0.39 is 0 Å². The molecule has 2 rings (SSSR count). The zero-order valence-electron chi connectivity index (χ0n) is 8.76. The minimum absolute atomic E-state index is 0.847. The topological polar surface area (TPSA) is 12.0 Å². The van der Waals surface area contributed by atoms with Crippen molar-refractivity contribution in [2.75, 3.05) is 5.32 Å². The van der Waals surface area contributed by atoms with E-state index in [0.717, 1.165) is 16.7 Å². The zero-order chi connectivity index (χ0) is 11.5. The fourth-order valence-electron chi connectivity index (χ4n) is 1.39. The second-order valence-electron chi connectivity index (χ2n) is 3.53. The van der Waals surface area contributed by atoms with Gasteiger partial charge in [-0.2, -0.15) is 0 Å². The highest BCUT2D eigenvalue weighted by molar-refractivity contribution is 9.11. The van der Waals surface area contributed by atoms with Crippen molar-refractivity contribution in [3.8, 4) is 0 Å². The Hall–Kier alpha value is -0.320. The first-order valence-electron chi connectivity index (χ1n) is 4.88. The van der Waals surface area contributed by atoms with Gasteiger partial charge in [0.25, 0.3) is 0 Å². The van der Waals surface area contributed by atoms with Crippen LogP contribution in [0.1, 0.15) is 10.4 Å². The Morgan fingerprint density at radius 1 is 1.19 bits per heavy atom. The molecular weight excluding hydrogens is 350 g/mol. The van der Waals surface area contributed by atoms with Gasteiger partial charge >= 0.3 is 0 Å². The third-order valence-electron chi connectivity index (χ3n) is 2.26. The summed E-state index contributed by atoms with van der Waals surface area (Å²) in [6, 6.07) is 8.40. The first kappa shape index (κ1) is 12.1. The maximum Gasteiger partial charge on any atom is 0.0505 e. The molecule has 4 heteroatoms. The van der Waals surface area contributed by atoms with Crippen molar-refractivity contribution in [1.29, 1.82) is 0 Å². The molecule has 0 amide bonds. The Labute approximate surface area is 116 Å². The molecule has 1 heterocycles. The van der Waals surface area contributed by atoms with Crippen LogP contribution in [0.5, 0.6) is 0 Å². The first-order valence-corrected chi connectivity index (χ1v) is 7.35. The summed E-state index contributed by atoms with van der Waals surface area (Å²) in [6.07, 6.45) is 0.